The molecule has 2 aromatic heterocycles. The highest BCUT2D eigenvalue weighted by molar-refractivity contribution is 7.13. The third-order valence-electron chi connectivity index (χ3n) is 5.64. The van der Waals surface area contributed by atoms with Crippen LogP contribution in [0.4, 0.5) is 0 Å². The first-order chi connectivity index (χ1) is 15.8. The SMILES string of the molecule is COc1c(-c2csc3c2OCCO3)ccc2c(OC)c(-c3csc4c3OCCO4)ccc12. The van der Waals surface area contributed by atoms with Crippen LogP contribution in [0.1, 0.15) is 0 Å². The quantitative estimate of drug-likeness (QED) is 0.374. The number of hydrogen-bond acceptors (Lipinski definition) is 8. The second-order valence-electron chi connectivity index (χ2n) is 7.31. The van der Waals surface area contributed by atoms with E-state index < -0.39 is 0 Å². The molecule has 0 bridgehead atoms. The van der Waals surface area contributed by atoms with Gasteiger partial charge in [-0.1, -0.05) is 0 Å². The van der Waals surface area contributed by atoms with Gasteiger partial charge in [-0.3, -0.25) is 0 Å². The number of hydrogen-bond donors (Lipinski definition) is 0. The molecule has 164 valence electrons. The van der Waals surface area contributed by atoms with Crippen molar-refractivity contribution in [3.8, 4) is 55.4 Å². The zero-order chi connectivity index (χ0) is 21.7. The molecule has 2 aliphatic heterocycles. The molecule has 0 fully saturated rings. The molecule has 0 unspecified atom stereocenters. The standard InChI is InChI=1S/C24H20O6S2/c1-25-19-13-3-6-16(18-12-32-24-22(18)28-8-10-30-24)20(26-2)14(13)4-5-15(19)17-11-31-23-21(17)27-7-9-29-23/h3-6,11-12H,7-10H2,1-2H3. The number of thiophene rings is 2. The fraction of sp³-hybridized carbons (Fsp3) is 0.250. The van der Waals surface area contributed by atoms with E-state index in [0.29, 0.717) is 26.4 Å². The van der Waals surface area contributed by atoms with Crippen LogP contribution < -0.4 is 28.4 Å². The highest BCUT2D eigenvalue weighted by atomic mass is 32.1. The highest BCUT2D eigenvalue weighted by Crippen LogP contribution is 2.53. The van der Waals surface area contributed by atoms with Gasteiger partial charge < -0.3 is 28.4 Å². The molecule has 6 nitrogen and oxygen atoms in total. The molecule has 0 saturated carbocycles. The summed E-state index contributed by atoms with van der Waals surface area (Å²) in [6.07, 6.45) is 0. The Morgan fingerprint density at radius 3 is 1.47 bits per heavy atom. The lowest BCUT2D eigenvalue weighted by Crippen LogP contribution is -2.14. The summed E-state index contributed by atoms with van der Waals surface area (Å²) in [6.45, 7) is 2.23. The van der Waals surface area contributed by atoms with Crippen LogP contribution in [-0.4, -0.2) is 40.6 Å². The highest BCUT2D eigenvalue weighted by Gasteiger charge is 2.26. The molecular weight excluding hydrogens is 448 g/mol. The van der Waals surface area contributed by atoms with Gasteiger partial charge in [-0.2, -0.15) is 0 Å². The molecule has 2 aromatic carbocycles. The van der Waals surface area contributed by atoms with Gasteiger partial charge in [-0.25, -0.2) is 0 Å². The molecule has 2 aliphatic rings. The van der Waals surface area contributed by atoms with Crippen molar-refractivity contribution >= 4 is 33.4 Å². The van der Waals surface area contributed by atoms with Gasteiger partial charge in [0.15, 0.2) is 11.5 Å². The molecule has 0 amide bonds. The van der Waals surface area contributed by atoms with Gasteiger partial charge in [0.25, 0.3) is 0 Å². The predicted molar refractivity (Wildman–Crippen MR) is 126 cm³/mol. The van der Waals surface area contributed by atoms with Gasteiger partial charge >= 0.3 is 0 Å². The average Bonchev–Trinajstić information content (AvgIpc) is 3.47. The maximum Gasteiger partial charge on any atom is 0.217 e. The monoisotopic (exact) mass is 468 g/mol. The summed E-state index contributed by atoms with van der Waals surface area (Å²) in [7, 11) is 3.38. The fourth-order valence-corrected chi connectivity index (χ4v) is 6.05. The van der Waals surface area contributed by atoms with Crippen molar-refractivity contribution in [2.45, 2.75) is 0 Å². The van der Waals surface area contributed by atoms with Crippen molar-refractivity contribution in [3.05, 3.63) is 35.0 Å². The maximum absolute atomic E-state index is 5.91. The van der Waals surface area contributed by atoms with E-state index in [0.717, 1.165) is 66.2 Å². The van der Waals surface area contributed by atoms with Crippen molar-refractivity contribution in [2.24, 2.45) is 0 Å². The van der Waals surface area contributed by atoms with Crippen LogP contribution in [0.15, 0.2) is 35.0 Å². The fourth-order valence-electron chi connectivity index (χ4n) is 4.27. The lowest BCUT2D eigenvalue weighted by atomic mass is 9.96. The Balaban J connectivity index is 1.54. The molecule has 4 aromatic rings. The summed E-state index contributed by atoms with van der Waals surface area (Å²) in [5, 5.41) is 7.66. The normalized spacial score (nSPS) is 14.4. The second-order valence-corrected chi connectivity index (χ2v) is 9.00. The Hall–Kier alpha value is -3.10. The molecule has 32 heavy (non-hydrogen) atoms. The van der Waals surface area contributed by atoms with Crippen molar-refractivity contribution < 1.29 is 28.4 Å². The summed E-state index contributed by atoms with van der Waals surface area (Å²) in [4.78, 5) is 0. The second kappa shape index (κ2) is 7.79. The van der Waals surface area contributed by atoms with Crippen molar-refractivity contribution in [1.82, 2.24) is 0 Å². The van der Waals surface area contributed by atoms with Gasteiger partial charge in [0, 0.05) is 43.8 Å². The van der Waals surface area contributed by atoms with Gasteiger partial charge in [0.2, 0.25) is 10.1 Å². The van der Waals surface area contributed by atoms with E-state index in [1.54, 1.807) is 36.9 Å². The largest absolute Gasteiger partial charge is 0.495 e. The Labute approximate surface area is 192 Å². The van der Waals surface area contributed by atoms with Crippen LogP contribution in [0.25, 0.3) is 33.0 Å². The summed E-state index contributed by atoms with van der Waals surface area (Å²) in [6, 6.07) is 8.24. The Bertz CT molecular complexity index is 1220. The molecule has 8 heteroatoms. The van der Waals surface area contributed by atoms with Crippen molar-refractivity contribution in [1.29, 1.82) is 0 Å². The topological polar surface area (TPSA) is 55.4 Å². The van der Waals surface area contributed by atoms with Crippen LogP contribution in [0.2, 0.25) is 0 Å². The lowest BCUT2D eigenvalue weighted by molar-refractivity contribution is 0.178. The molecule has 0 spiro atoms. The molecule has 0 atom stereocenters. The predicted octanol–water partition coefficient (Wildman–Crippen LogP) is 5.86. The molecule has 4 heterocycles. The molecule has 0 radical (unpaired) electrons. The third-order valence-corrected chi connectivity index (χ3v) is 7.39. The van der Waals surface area contributed by atoms with E-state index in [1.807, 2.05) is 0 Å². The molecule has 0 saturated heterocycles. The number of ether oxygens (including phenoxy) is 6. The van der Waals surface area contributed by atoms with E-state index >= 15 is 0 Å². The maximum atomic E-state index is 5.91. The first-order valence-electron chi connectivity index (χ1n) is 10.2. The van der Waals surface area contributed by atoms with Gasteiger partial charge in [0.1, 0.15) is 37.9 Å². The van der Waals surface area contributed by atoms with E-state index in [9.17, 15) is 0 Å². The van der Waals surface area contributed by atoms with E-state index in [4.69, 9.17) is 28.4 Å². The number of rotatable bonds is 4. The smallest absolute Gasteiger partial charge is 0.217 e. The van der Waals surface area contributed by atoms with E-state index in [2.05, 4.69) is 35.0 Å². The lowest BCUT2D eigenvalue weighted by Gasteiger charge is -2.19. The number of fused-ring (bicyclic) bond motifs is 3. The minimum absolute atomic E-state index is 0.542. The average molecular weight is 469 g/mol. The minimum atomic E-state index is 0.542. The summed E-state index contributed by atoms with van der Waals surface area (Å²) >= 11 is 3.08. The minimum Gasteiger partial charge on any atom is -0.495 e. The zero-order valence-corrected chi connectivity index (χ0v) is 19.2. The Kier molecular flexibility index (Phi) is 4.77. The van der Waals surface area contributed by atoms with Crippen molar-refractivity contribution in [3.63, 3.8) is 0 Å². The van der Waals surface area contributed by atoms with Gasteiger partial charge in [-0.05, 0) is 24.3 Å². The van der Waals surface area contributed by atoms with Crippen LogP contribution >= 0.6 is 22.7 Å². The third kappa shape index (κ3) is 2.90. The van der Waals surface area contributed by atoms with Crippen LogP contribution in [0, 0.1) is 0 Å². The first kappa shape index (κ1) is 19.6. The Morgan fingerprint density at radius 1 is 0.594 bits per heavy atom. The molecule has 0 N–H and O–H groups in total. The molecule has 0 aliphatic carbocycles. The number of methoxy groups -OCH3 is 2. The summed E-state index contributed by atoms with van der Waals surface area (Å²) < 4.78 is 35.1. The summed E-state index contributed by atoms with van der Waals surface area (Å²) in [5.74, 6) is 3.11. The van der Waals surface area contributed by atoms with E-state index in [1.165, 1.54) is 0 Å². The zero-order valence-electron chi connectivity index (χ0n) is 17.6. The van der Waals surface area contributed by atoms with Gasteiger partial charge in [-0.15, -0.1) is 22.7 Å². The van der Waals surface area contributed by atoms with E-state index in [-0.39, 0.29) is 0 Å². The van der Waals surface area contributed by atoms with Crippen molar-refractivity contribution in [2.75, 3.05) is 40.6 Å². The van der Waals surface area contributed by atoms with Crippen LogP contribution in [-0.2, 0) is 0 Å². The molecular formula is C24H20O6S2. The van der Waals surface area contributed by atoms with Crippen LogP contribution in [0.5, 0.6) is 33.1 Å². The summed E-state index contributed by atoms with van der Waals surface area (Å²) in [5.41, 5.74) is 3.87. The van der Waals surface area contributed by atoms with Gasteiger partial charge in [0.05, 0.1) is 14.2 Å². The molecule has 6 rings (SSSR count). The Morgan fingerprint density at radius 2 is 1.03 bits per heavy atom. The number of benzene rings is 2. The first-order valence-corrected chi connectivity index (χ1v) is 12.0. The van der Waals surface area contributed by atoms with Crippen LogP contribution in [0.3, 0.4) is 0 Å².